The van der Waals surface area contributed by atoms with Crippen molar-refractivity contribution in [3.8, 4) is 16.4 Å². The molecular weight excluding hydrogens is 436 g/mol. The molecule has 4 rings (SSSR count). The monoisotopic (exact) mass is 454 g/mol. The molecule has 152 valence electrons. The topological polar surface area (TPSA) is 59.8 Å². The molecular formula is C22H19ClN4OS2. The molecule has 30 heavy (non-hydrogen) atoms. The number of aryl methyl sites for hydroxylation is 2. The Morgan fingerprint density at radius 1 is 1.13 bits per heavy atom. The zero-order chi connectivity index (χ0) is 21.1. The normalized spacial score (nSPS) is 10.9. The number of aromatic nitrogens is 3. The minimum absolute atomic E-state index is 0.110. The SMILES string of the molecule is Cc1ccc(-n2c(SCC(=O)Nc3ccc(Cl)cc3C)nnc2-c2cccs2)cc1. The number of anilines is 1. The van der Waals surface area contributed by atoms with E-state index in [0.29, 0.717) is 10.2 Å². The van der Waals surface area contributed by atoms with Crippen LogP contribution in [0.5, 0.6) is 0 Å². The molecule has 0 saturated carbocycles. The highest BCUT2D eigenvalue weighted by Crippen LogP contribution is 2.30. The fourth-order valence-electron chi connectivity index (χ4n) is 2.94. The summed E-state index contributed by atoms with van der Waals surface area (Å²) in [6, 6.07) is 17.6. The fourth-order valence-corrected chi connectivity index (χ4v) is 4.62. The maximum atomic E-state index is 12.5. The van der Waals surface area contributed by atoms with Crippen molar-refractivity contribution < 1.29 is 4.79 Å². The predicted molar refractivity (Wildman–Crippen MR) is 125 cm³/mol. The molecule has 0 aliphatic rings. The number of halogens is 1. The van der Waals surface area contributed by atoms with Gasteiger partial charge in [0.05, 0.1) is 10.6 Å². The van der Waals surface area contributed by atoms with Crippen LogP contribution in [-0.2, 0) is 4.79 Å². The summed E-state index contributed by atoms with van der Waals surface area (Å²) >= 11 is 8.95. The Bertz CT molecular complexity index is 1170. The molecule has 2 aromatic heterocycles. The van der Waals surface area contributed by atoms with Gasteiger partial charge >= 0.3 is 0 Å². The molecule has 2 heterocycles. The first-order valence-electron chi connectivity index (χ1n) is 9.26. The van der Waals surface area contributed by atoms with E-state index in [9.17, 15) is 4.79 Å². The van der Waals surface area contributed by atoms with Crippen molar-refractivity contribution in [2.24, 2.45) is 0 Å². The molecule has 0 aliphatic carbocycles. The van der Waals surface area contributed by atoms with Crippen LogP contribution < -0.4 is 5.32 Å². The second-order valence-electron chi connectivity index (χ2n) is 6.75. The highest BCUT2D eigenvalue weighted by atomic mass is 35.5. The molecule has 0 bridgehead atoms. The van der Waals surface area contributed by atoms with Gasteiger partial charge in [-0.1, -0.05) is 47.1 Å². The number of thiophene rings is 1. The first kappa shape index (κ1) is 20.7. The van der Waals surface area contributed by atoms with Crippen LogP contribution in [0.1, 0.15) is 11.1 Å². The van der Waals surface area contributed by atoms with E-state index in [0.717, 1.165) is 27.6 Å². The first-order valence-corrected chi connectivity index (χ1v) is 11.5. The minimum atomic E-state index is -0.110. The van der Waals surface area contributed by atoms with Gasteiger partial charge < -0.3 is 5.32 Å². The number of nitrogens with zero attached hydrogens (tertiary/aromatic N) is 3. The number of carbonyl (C=O) groups excluding carboxylic acids is 1. The molecule has 0 unspecified atom stereocenters. The van der Waals surface area contributed by atoms with Crippen LogP contribution in [-0.4, -0.2) is 26.4 Å². The van der Waals surface area contributed by atoms with Gasteiger partial charge in [0, 0.05) is 16.4 Å². The third kappa shape index (κ3) is 4.59. The van der Waals surface area contributed by atoms with Crippen molar-refractivity contribution in [3.63, 3.8) is 0 Å². The van der Waals surface area contributed by atoms with Crippen molar-refractivity contribution >= 4 is 46.3 Å². The number of hydrogen-bond acceptors (Lipinski definition) is 5. The lowest BCUT2D eigenvalue weighted by atomic mass is 10.2. The van der Waals surface area contributed by atoms with Crippen molar-refractivity contribution in [3.05, 3.63) is 76.1 Å². The third-order valence-electron chi connectivity index (χ3n) is 4.46. The quantitative estimate of drug-likeness (QED) is 0.363. The summed E-state index contributed by atoms with van der Waals surface area (Å²) in [5.41, 5.74) is 3.81. The lowest BCUT2D eigenvalue weighted by molar-refractivity contribution is -0.113. The van der Waals surface area contributed by atoms with Crippen molar-refractivity contribution in [1.29, 1.82) is 0 Å². The average molecular weight is 455 g/mol. The second-order valence-corrected chi connectivity index (χ2v) is 9.08. The van der Waals surface area contributed by atoms with Gasteiger partial charge in [0.1, 0.15) is 0 Å². The second kappa shape index (κ2) is 9.04. The maximum Gasteiger partial charge on any atom is 0.234 e. The van der Waals surface area contributed by atoms with E-state index in [1.54, 1.807) is 17.4 Å². The summed E-state index contributed by atoms with van der Waals surface area (Å²) in [7, 11) is 0. The molecule has 0 spiro atoms. The van der Waals surface area contributed by atoms with Crippen LogP contribution in [0.15, 0.2) is 65.1 Å². The van der Waals surface area contributed by atoms with E-state index >= 15 is 0 Å². The van der Waals surface area contributed by atoms with Crippen LogP contribution in [0.3, 0.4) is 0 Å². The standard InChI is InChI=1S/C22H19ClN4OS2/c1-14-5-8-17(9-6-14)27-21(19-4-3-11-29-19)25-26-22(27)30-13-20(28)24-18-10-7-16(23)12-15(18)2/h3-12H,13H2,1-2H3,(H,24,28). The lowest BCUT2D eigenvalue weighted by Crippen LogP contribution is -2.15. The van der Waals surface area contributed by atoms with E-state index in [4.69, 9.17) is 11.6 Å². The molecule has 5 nitrogen and oxygen atoms in total. The summed E-state index contributed by atoms with van der Waals surface area (Å²) in [6.45, 7) is 3.96. The number of benzene rings is 2. The van der Waals surface area contributed by atoms with Crippen molar-refractivity contribution in [2.75, 3.05) is 11.1 Å². The van der Waals surface area contributed by atoms with Gasteiger partial charge in [-0.3, -0.25) is 9.36 Å². The minimum Gasteiger partial charge on any atom is -0.325 e. The Morgan fingerprint density at radius 2 is 1.93 bits per heavy atom. The molecule has 1 N–H and O–H groups in total. The van der Waals surface area contributed by atoms with E-state index in [2.05, 4.69) is 34.6 Å². The van der Waals surface area contributed by atoms with Crippen LogP contribution in [0.4, 0.5) is 5.69 Å². The maximum absolute atomic E-state index is 12.5. The Morgan fingerprint density at radius 3 is 2.63 bits per heavy atom. The molecule has 8 heteroatoms. The van der Waals surface area contributed by atoms with E-state index < -0.39 is 0 Å². The Labute approximate surface area is 188 Å². The largest absolute Gasteiger partial charge is 0.325 e. The van der Waals surface area contributed by atoms with E-state index in [-0.39, 0.29) is 11.7 Å². The van der Waals surface area contributed by atoms with Crippen LogP contribution in [0.25, 0.3) is 16.4 Å². The molecule has 0 saturated heterocycles. The van der Waals surface area contributed by atoms with Crippen LogP contribution in [0.2, 0.25) is 5.02 Å². The summed E-state index contributed by atoms with van der Waals surface area (Å²) in [4.78, 5) is 13.6. The molecule has 1 amide bonds. The third-order valence-corrected chi connectivity index (χ3v) is 6.49. The van der Waals surface area contributed by atoms with Gasteiger partial charge in [0.25, 0.3) is 0 Å². The summed E-state index contributed by atoms with van der Waals surface area (Å²) in [5, 5.41) is 15.0. The van der Waals surface area contributed by atoms with Gasteiger partial charge in [-0.25, -0.2) is 0 Å². The summed E-state index contributed by atoms with van der Waals surface area (Å²) in [5.74, 6) is 0.878. The van der Waals surface area contributed by atoms with Gasteiger partial charge in [-0.15, -0.1) is 21.5 Å². The Balaban J connectivity index is 1.56. The average Bonchev–Trinajstić information content (AvgIpc) is 3.39. The van der Waals surface area contributed by atoms with Crippen LogP contribution >= 0.6 is 34.7 Å². The molecule has 0 atom stereocenters. The van der Waals surface area contributed by atoms with Gasteiger partial charge in [-0.05, 0) is 61.2 Å². The van der Waals surface area contributed by atoms with Gasteiger partial charge in [0.15, 0.2) is 11.0 Å². The number of rotatable bonds is 6. The summed E-state index contributed by atoms with van der Waals surface area (Å²) < 4.78 is 2.00. The molecule has 4 aromatic rings. The van der Waals surface area contributed by atoms with Crippen molar-refractivity contribution in [2.45, 2.75) is 19.0 Å². The molecule has 2 aromatic carbocycles. The molecule has 0 radical (unpaired) electrons. The Kier molecular flexibility index (Phi) is 6.22. The fraction of sp³-hybridized carbons (Fsp3) is 0.136. The molecule has 0 aliphatic heterocycles. The molecule has 0 fully saturated rings. The van der Waals surface area contributed by atoms with E-state index in [1.165, 1.54) is 17.3 Å². The van der Waals surface area contributed by atoms with Gasteiger partial charge in [0.2, 0.25) is 5.91 Å². The number of thioether (sulfide) groups is 1. The zero-order valence-electron chi connectivity index (χ0n) is 16.4. The number of hydrogen-bond donors (Lipinski definition) is 1. The summed E-state index contributed by atoms with van der Waals surface area (Å²) in [6.07, 6.45) is 0. The highest BCUT2D eigenvalue weighted by molar-refractivity contribution is 7.99. The van der Waals surface area contributed by atoms with Gasteiger partial charge in [-0.2, -0.15) is 0 Å². The number of amides is 1. The van der Waals surface area contributed by atoms with E-state index in [1.807, 2.05) is 53.3 Å². The van der Waals surface area contributed by atoms with Crippen molar-refractivity contribution in [1.82, 2.24) is 14.8 Å². The van der Waals surface area contributed by atoms with Crippen LogP contribution in [0, 0.1) is 13.8 Å². The lowest BCUT2D eigenvalue weighted by Gasteiger charge is -2.11. The number of nitrogens with one attached hydrogen (secondary N) is 1. The predicted octanol–water partition coefficient (Wildman–Crippen LogP) is 6.00. The zero-order valence-corrected chi connectivity index (χ0v) is 18.8. The first-order chi connectivity index (χ1) is 14.5. The number of carbonyl (C=O) groups is 1. The smallest absolute Gasteiger partial charge is 0.234 e. The highest BCUT2D eigenvalue weighted by Gasteiger charge is 2.18. The Hall–Kier alpha value is -2.61.